The predicted octanol–water partition coefficient (Wildman–Crippen LogP) is 3.47. The molecule has 1 aliphatic heterocycles. The minimum atomic E-state index is -0.678. The summed E-state index contributed by atoms with van der Waals surface area (Å²) < 4.78 is 0. The first-order valence-electron chi connectivity index (χ1n) is 4.50. The molecule has 0 spiro atoms. The Morgan fingerprint density at radius 3 is 1.27 bits per heavy atom. The Balaban J connectivity index is 2.98. The van der Waals surface area contributed by atoms with Crippen LogP contribution in [0.2, 0.25) is 0 Å². The lowest BCUT2D eigenvalue weighted by molar-refractivity contribution is 0.296. The van der Waals surface area contributed by atoms with E-state index in [0.717, 1.165) is 5.92 Å². The summed E-state index contributed by atoms with van der Waals surface area (Å²) in [5, 5.41) is 1.24. The van der Waals surface area contributed by atoms with E-state index < -0.39 is 7.26 Å². The number of rotatable bonds is 0. The van der Waals surface area contributed by atoms with Crippen LogP contribution in [0.25, 0.3) is 0 Å². The van der Waals surface area contributed by atoms with Crippen molar-refractivity contribution in [2.75, 3.05) is 13.3 Å². The zero-order valence-electron chi connectivity index (χ0n) is 9.02. The Hall–Kier alpha value is 0.430. The van der Waals surface area contributed by atoms with Crippen LogP contribution in [0.4, 0.5) is 0 Å². The maximum atomic E-state index is 2.51. The second kappa shape index (κ2) is 2.02. The Labute approximate surface area is 72.1 Å². The molecule has 0 aliphatic carbocycles. The van der Waals surface area contributed by atoms with Crippen molar-refractivity contribution >= 4 is 7.26 Å². The van der Waals surface area contributed by atoms with Crippen molar-refractivity contribution in [2.24, 2.45) is 5.92 Å². The molecule has 0 aromatic carbocycles. The molecule has 66 valence electrons. The fourth-order valence-corrected chi connectivity index (χ4v) is 6.37. The minimum Gasteiger partial charge on any atom is -0.0544 e. The van der Waals surface area contributed by atoms with E-state index in [1.54, 1.807) is 0 Å². The van der Waals surface area contributed by atoms with Crippen LogP contribution in [0.15, 0.2) is 0 Å². The third-order valence-corrected chi connectivity index (χ3v) is 11.5. The molecule has 1 heterocycles. The summed E-state index contributed by atoms with van der Waals surface area (Å²) in [4.78, 5) is 0. The van der Waals surface area contributed by atoms with Gasteiger partial charge in [0.1, 0.15) is 0 Å². The van der Waals surface area contributed by atoms with E-state index >= 15 is 0 Å². The van der Waals surface area contributed by atoms with E-state index in [9.17, 15) is 0 Å². The summed E-state index contributed by atoms with van der Waals surface area (Å²) in [5.41, 5.74) is 0. The molecule has 0 nitrogen and oxygen atoms in total. The van der Waals surface area contributed by atoms with Crippen molar-refractivity contribution in [3.05, 3.63) is 0 Å². The van der Waals surface area contributed by atoms with Gasteiger partial charge in [0.2, 0.25) is 0 Å². The van der Waals surface area contributed by atoms with Gasteiger partial charge in [0.05, 0.1) is 10.3 Å². The molecule has 0 saturated carbocycles. The standard InChI is InChI=1S/C10H22P/c1-8-9(2,3)11(6,7)10(8,4)5/h8H,1-7H3/q+1. The second-order valence-electron chi connectivity index (χ2n) is 5.48. The Morgan fingerprint density at radius 1 is 0.909 bits per heavy atom. The fraction of sp³-hybridized carbons (Fsp3) is 1.00. The molecule has 11 heavy (non-hydrogen) atoms. The zero-order chi connectivity index (χ0) is 9.08. The normalized spacial score (nSPS) is 33.0. The van der Waals surface area contributed by atoms with Gasteiger partial charge in [0, 0.05) is 26.5 Å². The van der Waals surface area contributed by atoms with Crippen LogP contribution < -0.4 is 0 Å². The number of hydrogen-bond acceptors (Lipinski definition) is 0. The lowest BCUT2D eigenvalue weighted by Crippen LogP contribution is -2.59. The lowest BCUT2D eigenvalue weighted by atomic mass is 9.83. The van der Waals surface area contributed by atoms with Crippen LogP contribution in [0.1, 0.15) is 34.6 Å². The van der Waals surface area contributed by atoms with Gasteiger partial charge in [0.15, 0.2) is 0 Å². The zero-order valence-corrected chi connectivity index (χ0v) is 9.92. The van der Waals surface area contributed by atoms with Gasteiger partial charge in [-0.25, -0.2) is 0 Å². The summed E-state index contributed by atoms with van der Waals surface area (Å²) in [6, 6.07) is 0. The van der Waals surface area contributed by atoms with Crippen molar-refractivity contribution < 1.29 is 0 Å². The summed E-state index contributed by atoms with van der Waals surface area (Å²) in [6.45, 7) is 17.2. The van der Waals surface area contributed by atoms with Crippen LogP contribution in [0, 0.1) is 5.92 Å². The van der Waals surface area contributed by atoms with Crippen molar-refractivity contribution in [3.63, 3.8) is 0 Å². The van der Waals surface area contributed by atoms with E-state index in [1.807, 2.05) is 0 Å². The maximum Gasteiger partial charge on any atom is 0.0808 e. The van der Waals surface area contributed by atoms with Gasteiger partial charge < -0.3 is 0 Å². The van der Waals surface area contributed by atoms with E-state index in [0.29, 0.717) is 10.3 Å². The quantitative estimate of drug-likeness (QED) is 0.492. The molecule has 0 amide bonds. The molecule has 0 aromatic rings. The van der Waals surface area contributed by atoms with Crippen molar-refractivity contribution in [2.45, 2.75) is 44.9 Å². The molecular formula is C10H22P+. The molecule has 1 fully saturated rings. The summed E-state index contributed by atoms with van der Waals surface area (Å²) in [5.74, 6) is 0.887. The van der Waals surface area contributed by atoms with E-state index in [1.165, 1.54) is 0 Å². The van der Waals surface area contributed by atoms with Crippen molar-refractivity contribution in [1.29, 1.82) is 0 Å². The molecule has 0 aromatic heterocycles. The monoisotopic (exact) mass is 173 g/mol. The Bertz CT molecular complexity index is 159. The molecular weight excluding hydrogens is 151 g/mol. The van der Waals surface area contributed by atoms with E-state index in [4.69, 9.17) is 0 Å². The summed E-state index contributed by atoms with van der Waals surface area (Å²) >= 11 is 0. The van der Waals surface area contributed by atoms with Crippen LogP contribution in [-0.4, -0.2) is 23.6 Å². The van der Waals surface area contributed by atoms with Crippen LogP contribution >= 0.6 is 7.26 Å². The molecule has 1 aliphatic rings. The first-order chi connectivity index (χ1) is 4.65. The lowest BCUT2D eigenvalue weighted by Gasteiger charge is -2.62. The first kappa shape index (κ1) is 9.52. The van der Waals surface area contributed by atoms with Gasteiger partial charge in [0.25, 0.3) is 0 Å². The molecule has 1 heteroatoms. The third-order valence-electron chi connectivity index (χ3n) is 5.00. The van der Waals surface area contributed by atoms with Crippen molar-refractivity contribution in [1.82, 2.24) is 0 Å². The van der Waals surface area contributed by atoms with Gasteiger partial charge in [-0.1, -0.05) is 6.92 Å². The summed E-state index contributed by atoms with van der Waals surface area (Å²) in [7, 11) is -0.678. The minimum absolute atomic E-state index is 0.622. The predicted molar refractivity (Wildman–Crippen MR) is 56.1 cm³/mol. The third kappa shape index (κ3) is 0.800. The fourth-order valence-electron chi connectivity index (χ4n) is 2.51. The second-order valence-corrected chi connectivity index (χ2v) is 10.7. The number of hydrogen-bond donors (Lipinski definition) is 0. The highest BCUT2D eigenvalue weighted by atomic mass is 31.2. The van der Waals surface area contributed by atoms with Crippen LogP contribution in [0.5, 0.6) is 0 Å². The largest absolute Gasteiger partial charge is 0.0808 e. The molecule has 0 bridgehead atoms. The molecule has 1 saturated heterocycles. The molecule has 0 radical (unpaired) electrons. The Kier molecular flexibility index (Phi) is 1.75. The SMILES string of the molecule is CC1C(C)(C)[P+](C)(C)C1(C)C. The highest BCUT2D eigenvalue weighted by Crippen LogP contribution is 2.85. The van der Waals surface area contributed by atoms with Crippen LogP contribution in [0.3, 0.4) is 0 Å². The molecule has 1 rings (SSSR count). The van der Waals surface area contributed by atoms with Gasteiger partial charge in [-0.3, -0.25) is 0 Å². The average molecular weight is 173 g/mol. The smallest absolute Gasteiger partial charge is 0.0544 e. The van der Waals surface area contributed by atoms with Gasteiger partial charge in [-0.2, -0.15) is 0 Å². The maximum absolute atomic E-state index is 2.51. The van der Waals surface area contributed by atoms with E-state index in [2.05, 4.69) is 47.9 Å². The molecule has 0 atom stereocenters. The van der Waals surface area contributed by atoms with Gasteiger partial charge in [-0.15, -0.1) is 0 Å². The molecule has 0 unspecified atom stereocenters. The van der Waals surface area contributed by atoms with E-state index in [-0.39, 0.29) is 0 Å². The van der Waals surface area contributed by atoms with Crippen molar-refractivity contribution in [3.8, 4) is 0 Å². The summed E-state index contributed by atoms with van der Waals surface area (Å²) in [6.07, 6.45) is 0. The Morgan fingerprint density at radius 2 is 1.18 bits per heavy atom. The van der Waals surface area contributed by atoms with Crippen LogP contribution in [-0.2, 0) is 0 Å². The highest BCUT2D eigenvalue weighted by Gasteiger charge is 2.71. The highest BCUT2D eigenvalue weighted by molar-refractivity contribution is 7.79. The molecule has 0 N–H and O–H groups in total. The average Bonchev–Trinajstić information content (AvgIpc) is 1.84. The first-order valence-corrected chi connectivity index (χ1v) is 7.18. The van der Waals surface area contributed by atoms with Gasteiger partial charge in [-0.05, 0) is 27.7 Å². The van der Waals surface area contributed by atoms with Gasteiger partial charge >= 0.3 is 0 Å². The topological polar surface area (TPSA) is 0 Å².